The van der Waals surface area contributed by atoms with Gasteiger partial charge in [-0.25, -0.2) is 0 Å². The molecule has 1 rings (SSSR count). The van der Waals surface area contributed by atoms with E-state index in [2.05, 4.69) is 19.2 Å². The summed E-state index contributed by atoms with van der Waals surface area (Å²) >= 11 is 2.00. The molecule has 1 N–H and O–H groups in total. The molecule has 0 fully saturated rings. The second-order valence-electron chi connectivity index (χ2n) is 4.11. The lowest BCUT2D eigenvalue weighted by atomic mass is 10.1. The number of nitro benzene ring substituents is 1. The van der Waals surface area contributed by atoms with E-state index in [4.69, 9.17) is 0 Å². The summed E-state index contributed by atoms with van der Waals surface area (Å²) in [5.41, 5.74) is 1.11. The van der Waals surface area contributed by atoms with E-state index in [1.807, 2.05) is 28.7 Å². The standard InChI is InChI=1S/C12H17IN2O2/c1-3-4-5-9(2)14-10-6-7-12(15(16)17)11(13)8-10/h6-9,14H,3-5H2,1-2H3. The van der Waals surface area contributed by atoms with Crippen molar-refractivity contribution in [1.82, 2.24) is 0 Å². The van der Waals surface area contributed by atoms with Gasteiger partial charge in [-0.2, -0.15) is 0 Å². The lowest BCUT2D eigenvalue weighted by Gasteiger charge is -2.14. The summed E-state index contributed by atoms with van der Waals surface area (Å²) in [6.45, 7) is 4.30. The van der Waals surface area contributed by atoms with Gasteiger partial charge in [-0.15, -0.1) is 0 Å². The molecule has 0 aliphatic carbocycles. The van der Waals surface area contributed by atoms with Crippen molar-refractivity contribution >= 4 is 34.0 Å². The van der Waals surface area contributed by atoms with Crippen molar-refractivity contribution in [2.45, 2.75) is 39.2 Å². The molecule has 94 valence electrons. The summed E-state index contributed by atoms with van der Waals surface area (Å²) in [7, 11) is 0. The Kier molecular flexibility index (Phi) is 5.67. The van der Waals surface area contributed by atoms with Gasteiger partial charge in [0, 0.05) is 17.8 Å². The second kappa shape index (κ2) is 6.78. The molecule has 1 unspecified atom stereocenters. The minimum absolute atomic E-state index is 0.164. The lowest BCUT2D eigenvalue weighted by molar-refractivity contribution is -0.385. The fourth-order valence-electron chi connectivity index (χ4n) is 1.61. The number of halogens is 1. The number of hydrogen-bond acceptors (Lipinski definition) is 3. The molecule has 0 saturated heterocycles. The van der Waals surface area contributed by atoms with Gasteiger partial charge in [-0.3, -0.25) is 10.1 Å². The van der Waals surface area contributed by atoms with E-state index in [0.717, 1.165) is 12.1 Å². The summed E-state index contributed by atoms with van der Waals surface area (Å²) in [6, 6.07) is 5.53. The zero-order valence-electron chi connectivity index (χ0n) is 10.1. The Morgan fingerprint density at radius 1 is 1.53 bits per heavy atom. The van der Waals surface area contributed by atoms with Crippen LogP contribution in [0.5, 0.6) is 0 Å². The molecule has 0 aromatic heterocycles. The molecule has 1 aromatic carbocycles. The van der Waals surface area contributed by atoms with Crippen molar-refractivity contribution in [2.75, 3.05) is 5.32 Å². The number of unbranched alkanes of at least 4 members (excludes halogenated alkanes) is 1. The summed E-state index contributed by atoms with van der Waals surface area (Å²) in [5, 5.41) is 14.0. The molecule has 0 amide bonds. The molecule has 1 aromatic rings. The summed E-state index contributed by atoms with van der Waals surface area (Å²) in [4.78, 5) is 10.3. The summed E-state index contributed by atoms with van der Waals surface area (Å²) in [6.07, 6.45) is 3.49. The Labute approximate surface area is 115 Å². The van der Waals surface area contributed by atoms with Crippen LogP contribution in [-0.2, 0) is 0 Å². The number of nitrogens with zero attached hydrogens (tertiary/aromatic N) is 1. The molecular weight excluding hydrogens is 331 g/mol. The third kappa shape index (κ3) is 4.49. The molecule has 1 atom stereocenters. The van der Waals surface area contributed by atoms with Crippen LogP contribution in [0.4, 0.5) is 11.4 Å². The maximum Gasteiger partial charge on any atom is 0.282 e. The van der Waals surface area contributed by atoms with Gasteiger partial charge in [0.1, 0.15) is 0 Å². The summed E-state index contributed by atoms with van der Waals surface area (Å²) < 4.78 is 0.667. The highest BCUT2D eigenvalue weighted by atomic mass is 127. The van der Waals surface area contributed by atoms with Crippen LogP contribution in [0.3, 0.4) is 0 Å². The molecule has 0 radical (unpaired) electrons. The van der Waals surface area contributed by atoms with E-state index in [-0.39, 0.29) is 10.6 Å². The maximum atomic E-state index is 10.7. The summed E-state index contributed by atoms with van der Waals surface area (Å²) in [5.74, 6) is 0. The SMILES string of the molecule is CCCCC(C)Nc1ccc([N+](=O)[O-])c(I)c1. The monoisotopic (exact) mass is 348 g/mol. The molecule has 0 aliphatic rings. The molecule has 5 heteroatoms. The van der Waals surface area contributed by atoms with Crippen LogP contribution < -0.4 is 5.32 Å². The molecule has 0 aliphatic heterocycles. The van der Waals surface area contributed by atoms with Crippen molar-refractivity contribution in [1.29, 1.82) is 0 Å². The molecule has 0 spiro atoms. The smallest absolute Gasteiger partial charge is 0.282 e. The highest BCUT2D eigenvalue weighted by Crippen LogP contribution is 2.24. The predicted molar refractivity (Wildman–Crippen MR) is 78.4 cm³/mol. The van der Waals surface area contributed by atoms with Gasteiger partial charge in [-0.1, -0.05) is 19.8 Å². The number of nitro groups is 1. The largest absolute Gasteiger partial charge is 0.383 e. The predicted octanol–water partition coefficient (Wildman–Crippen LogP) is 4.19. The molecule has 4 nitrogen and oxygen atoms in total. The van der Waals surface area contributed by atoms with Gasteiger partial charge in [0.05, 0.1) is 8.49 Å². The molecular formula is C12H17IN2O2. The number of anilines is 1. The van der Waals surface area contributed by atoms with Gasteiger partial charge in [-0.05, 0) is 48.1 Å². The topological polar surface area (TPSA) is 55.2 Å². The Balaban J connectivity index is 2.67. The Bertz CT molecular complexity index is 396. The molecule has 17 heavy (non-hydrogen) atoms. The number of nitrogens with one attached hydrogen (secondary N) is 1. The van der Waals surface area contributed by atoms with E-state index < -0.39 is 0 Å². The fourth-order valence-corrected chi connectivity index (χ4v) is 2.32. The zero-order chi connectivity index (χ0) is 12.8. The molecule has 0 heterocycles. The van der Waals surface area contributed by atoms with Crippen LogP contribution in [0.1, 0.15) is 33.1 Å². The lowest BCUT2D eigenvalue weighted by Crippen LogP contribution is -2.14. The molecule has 0 saturated carbocycles. The van der Waals surface area contributed by atoms with Crippen molar-refractivity contribution in [2.24, 2.45) is 0 Å². The average molecular weight is 348 g/mol. The minimum atomic E-state index is -0.355. The van der Waals surface area contributed by atoms with E-state index in [1.165, 1.54) is 12.8 Å². The second-order valence-corrected chi connectivity index (χ2v) is 5.27. The third-order valence-electron chi connectivity index (χ3n) is 2.55. The highest BCUT2D eigenvalue weighted by molar-refractivity contribution is 14.1. The van der Waals surface area contributed by atoms with Gasteiger partial charge in [0.2, 0.25) is 0 Å². The average Bonchev–Trinajstić information content (AvgIpc) is 2.26. The normalized spacial score (nSPS) is 12.2. The van der Waals surface area contributed by atoms with Crippen molar-refractivity contribution in [3.05, 3.63) is 31.9 Å². The zero-order valence-corrected chi connectivity index (χ0v) is 12.2. The van der Waals surface area contributed by atoms with Gasteiger partial charge in [0.25, 0.3) is 5.69 Å². The Morgan fingerprint density at radius 3 is 2.76 bits per heavy atom. The van der Waals surface area contributed by atoms with Gasteiger partial charge < -0.3 is 5.32 Å². The highest BCUT2D eigenvalue weighted by Gasteiger charge is 2.12. The number of rotatable bonds is 6. The van der Waals surface area contributed by atoms with Crippen LogP contribution in [0, 0.1) is 13.7 Å². The molecule has 0 bridgehead atoms. The van der Waals surface area contributed by atoms with E-state index in [9.17, 15) is 10.1 Å². The first-order valence-electron chi connectivity index (χ1n) is 5.75. The maximum absolute atomic E-state index is 10.7. The first-order chi connectivity index (χ1) is 8.04. The Morgan fingerprint density at radius 2 is 2.24 bits per heavy atom. The quantitative estimate of drug-likeness (QED) is 0.476. The van der Waals surface area contributed by atoms with E-state index >= 15 is 0 Å². The van der Waals surface area contributed by atoms with Crippen molar-refractivity contribution < 1.29 is 4.92 Å². The number of benzene rings is 1. The van der Waals surface area contributed by atoms with Crippen LogP contribution in [0.15, 0.2) is 18.2 Å². The fraction of sp³-hybridized carbons (Fsp3) is 0.500. The van der Waals surface area contributed by atoms with Crippen LogP contribution in [0.25, 0.3) is 0 Å². The first kappa shape index (κ1) is 14.2. The van der Waals surface area contributed by atoms with Gasteiger partial charge >= 0.3 is 0 Å². The first-order valence-corrected chi connectivity index (χ1v) is 6.83. The number of hydrogen-bond donors (Lipinski definition) is 1. The van der Waals surface area contributed by atoms with Crippen molar-refractivity contribution in [3.63, 3.8) is 0 Å². The van der Waals surface area contributed by atoms with E-state index in [1.54, 1.807) is 12.1 Å². The van der Waals surface area contributed by atoms with Crippen molar-refractivity contribution in [3.8, 4) is 0 Å². The van der Waals surface area contributed by atoms with Crippen LogP contribution >= 0.6 is 22.6 Å². The third-order valence-corrected chi connectivity index (χ3v) is 3.41. The minimum Gasteiger partial charge on any atom is -0.383 e. The Hall–Kier alpha value is -0.850. The van der Waals surface area contributed by atoms with Gasteiger partial charge in [0.15, 0.2) is 0 Å². The van der Waals surface area contributed by atoms with E-state index in [0.29, 0.717) is 9.61 Å². The van der Waals surface area contributed by atoms with Crippen LogP contribution in [-0.4, -0.2) is 11.0 Å². The van der Waals surface area contributed by atoms with Crippen LogP contribution in [0.2, 0.25) is 0 Å².